The van der Waals surface area contributed by atoms with Crippen LogP contribution in [-0.2, 0) is 0 Å². The van der Waals surface area contributed by atoms with Gasteiger partial charge < -0.3 is 0 Å². The van der Waals surface area contributed by atoms with E-state index in [2.05, 4.69) is 109 Å². The molecule has 0 nitrogen and oxygen atoms in total. The van der Waals surface area contributed by atoms with E-state index >= 15 is 0 Å². The Bertz CT molecular complexity index is 861. The van der Waals surface area contributed by atoms with Gasteiger partial charge in [0.15, 0.2) is 0 Å². The molecule has 0 fully saturated rings. The minimum atomic E-state index is 0.377. The van der Waals surface area contributed by atoms with Crippen molar-refractivity contribution in [1.82, 2.24) is 0 Å². The van der Waals surface area contributed by atoms with E-state index in [-0.39, 0.29) is 0 Å². The quantitative estimate of drug-likeness (QED) is 0.399. The molecule has 0 aliphatic carbocycles. The van der Waals surface area contributed by atoms with Gasteiger partial charge in [-0.15, -0.1) is 0 Å². The fraction of sp³-hybridized carbons (Fsp3) is 0. The van der Waals surface area contributed by atoms with E-state index in [9.17, 15) is 0 Å². The Morgan fingerprint density at radius 2 is 0.615 bits per heavy atom. The van der Waals surface area contributed by atoms with Crippen LogP contribution < -0.4 is 17.8 Å². The van der Waals surface area contributed by atoms with Crippen molar-refractivity contribution in [2.24, 2.45) is 0 Å². The number of hydrogen-bond donors (Lipinski definition) is 0. The third-order valence-electron chi connectivity index (χ3n) is 4.00. The van der Waals surface area contributed by atoms with Crippen LogP contribution in [0.1, 0.15) is 0 Å². The molecule has 0 spiro atoms. The zero-order valence-corrected chi connectivity index (χ0v) is 17.6. The predicted octanol–water partition coefficient (Wildman–Crippen LogP) is 2.66. The molecule has 26 heavy (non-hydrogen) atoms. The summed E-state index contributed by atoms with van der Waals surface area (Å²) in [5.74, 6) is 0. The van der Waals surface area contributed by atoms with Crippen molar-refractivity contribution in [2.45, 2.75) is 0 Å². The number of hydrogen-bond acceptors (Lipinski definition) is 0. The van der Waals surface area contributed by atoms with Crippen LogP contribution in [0.25, 0.3) is 11.1 Å². The topological polar surface area (TPSA) is 0 Å². The van der Waals surface area contributed by atoms with Crippen molar-refractivity contribution >= 4 is 47.8 Å². The molecular formula is C24H18Se2. The summed E-state index contributed by atoms with van der Waals surface area (Å²) < 4.78 is 5.66. The zero-order chi connectivity index (χ0) is 17.6. The van der Waals surface area contributed by atoms with Crippen LogP contribution in [0.2, 0.25) is 0 Å². The van der Waals surface area contributed by atoms with Crippen molar-refractivity contribution in [3.8, 4) is 11.1 Å². The van der Waals surface area contributed by atoms with Crippen molar-refractivity contribution in [2.75, 3.05) is 0 Å². The fourth-order valence-corrected chi connectivity index (χ4v) is 6.19. The summed E-state index contributed by atoms with van der Waals surface area (Å²) >= 11 is 0.754. The maximum atomic E-state index is 2.27. The summed E-state index contributed by atoms with van der Waals surface area (Å²) in [4.78, 5) is 0. The van der Waals surface area contributed by atoms with E-state index in [0.717, 1.165) is 0 Å². The summed E-state index contributed by atoms with van der Waals surface area (Å²) in [7, 11) is 0. The van der Waals surface area contributed by atoms with Crippen LogP contribution in [0.3, 0.4) is 0 Å². The molecule has 0 radical (unpaired) electrons. The summed E-state index contributed by atoms with van der Waals surface area (Å²) in [6.07, 6.45) is 0. The second kappa shape index (κ2) is 8.53. The number of rotatable bonds is 5. The molecule has 0 saturated heterocycles. The van der Waals surface area contributed by atoms with Crippen LogP contribution in [0.15, 0.2) is 109 Å². The van der Waals surface area contributed by atoms with Crippen molar-refractivity contribution in [1.29, 1.82) is 0 Å². The molecule has 0 aliphatic heterocycles. The monoisotopic (exact) mass is 466 g/mol. The second-order valence-corrected chi connectivity index (χ2v) is 10.7. The van der Waals surface area contributed by atoms with Gasteiger partial charge in [-0.1, -0.05) is 0 Å². The molecule has 0 bridgehead atoms. The Morgan fingerprint density at radius 1 is 0.308 bits per heavy atom. The molecular weight excluding hydrogens is 446 g/mol. The summed E-state index contributed by atoms with van der Waals surface area (Å²) in [6.45, 7) is 0. The molecule has 0 aliphatic rings. The van der Waals surface area contributed by atoms with E-state index in [4.69, 9.17) is 0 Å². The third-order valence-corrected chi connectivity index (χ3v) is 8.26. The normalized spacial score (nSPS) is 10.6. The van der Waals surface area contributed by atoms with Gasteiger partial charge in [-0.3, -0.25) is 0 Å². The SMILES string of the molecule is c1ccc([Se]c2ccc(-c3ccc([Se]c4ccccc4)cc3)cc2)cc1. The van der Waals surface area contributed by atoms with E-state index in [1.54, 1.807) is 0 Å². The van der Waals surface area contributed by atoms with Crippen LogP contribution in [0.5, 0.6) is 0 Å². The molecule has 4 rings (SSSR count). The average molecular weight is 464 g/mol. The molecule has 2 heteroatoms. The zero-order valence-electron chi connectivity index (χ0n) is 14.2. The van der Waals surface area contributed by atoms with Crippen molar-refractivity contribution in [3.05, 3.63) is 109 Å². The van der Waals surface area contributed by atoms with E-state index in [1.807, 2.05) is 0 Å². The van der Waals surface area contributed by atoms with Gasteiger partial charge in [-0.2, -0.15) is 0 Å². The van der Waals surface area contributed by atoms with Crippen molar-refractivity contribution < 1.29 is 0 Å². The second-order valence-electron chi connectivity index (χ2n) is 5.88. The van der Waals surface area contributed by atoms with E-state index in [1.165, 1.54) is 29.0 Å². The van der Waals surface area contributed by atoms with Gasteiger partial charge in [0.2, 0.25) is 0 Å². The molecule has 0 heterocycles. The van der Waals surface area contributed by atoms with Crippen LogP contribution in [-0.4, -0.2) is 29.9 Å². The predicted molar refractivity (Wildman–Crippen MR) is 115 cm³/mol. The van der Waals surface area contributed by atoms with Gasteiger partial charge in [-0.05, 0) is 0 Å². The first-order valence-electron chi connectivity index (χ1n) is 8.53. The van der Waals surface area contributed by atoms with Gasteiger partial charge in [0, 0.05) is 0 Å². The average Bonchev–Trinajstić information content (AvgIpc) is 2.71. The Kier molecular flexibility index (Phi) is 5.69. The van der Waals surface area contributed by atoms with Gasteiger partial charge in [0.25, 0.3) is 0 Å². The maximum absolute atomic E-state index is 2.27. The van der Waals surface area contributed by atoms with Gasteiger partial charge in [-0.25, -0.2) is 0 Å². The van der Waals surface area contributed by atoms with E-state index in [0.29, 0.717) is 29.9 Å². The molecule has 4 aromatic rings. The Hall–Kier alpha value is -2.08. The summed E-state index contributed by atoms with van der Waals surface area (Å²) in [5.41, 5.74) is 2.58. The first kappa shape index (κ1) is 17.3. The first-order chi connectivity index (χ1) is 12.9. The Morgan fingerprint density at radius 3 is 0.962 bits per heavy atom. The Labute approximate surface area is 167 Å². The molecule has 0 unspecified atom stereocenters. The summed E-state index contributed by atoms with van der Waals surface area (Å²) in [6, 6.07) is 39.5. The van der Waals surface area contributed by atoms with Crippen LogP contribution in [0.4, 0.5) is 0 Å². The van der Waals surface area contributed by atoms with Gasteiger partial charge in [0.05, 0.1) is 0 Å². The Balaban J connectivity index is 1.45. The molecule has 0 atom stereocenters. The van der Waals surface area contributed by atoms with Crippen LogP contribution in [0, 0.1) is 0 Å². The third kappa shape index (κ3) is 4.55. The molecule has 0 aromatic heterocycles. The first-order valence-corrected chi connectivity index (χ1v) is 12.0. The molecule has 0 saturated carbocycles. The standard InChI is InChI=1S/C24H18Se2/c1-3-7-21(8-4-1)25-23-15-11-19(12-16-23)20-13-17-24(18-14-20)26-22-9-5-2-6-10-22/h1-18H. The molecule has 4 aromatic carbocycles. The summed E-state index contributed by atoms with van der Waals surface area (Å²) in [5, 5.41) is 0. The van der Waals surface area contributed by atoms with Crippen molar-refractivity contribution in [3.63, 3.8) is 0 Å². The van der Waals surface area contributed by atoms with Gasteiger partial charge in [0.1, 0.15) is 0 Å². The van der Waals surface area contributed by atoms with E-state index < -0.39 is 0 Å². The van der Waals surface area contributed by atoms with Crippen LogP contribution >= 0.6 is 0 Å². The molecule has 0 N–H and O–H groups in total. The molecule has 0 amide bonds. The molecule has 126 valence electrons. The number of benzene rings is 4. The van der Waals surface area contributed by atoms with Gasteiger partial charge >= 0.3 is 168 Å². The minimum absolute atomic E-state index is 0.377. The fourth-order valence-electron chi connectivity index (χ4n) is 2.68.